The number of hydrogen-bond donors (Lipinski definition) is 1. The lowest BCUT2D eigenvalue weighted by molar-refractivity contribution is -0.117. The third-order valence-corrected chi connectivity index (χ3v) is 8.67. The number of carbonyl (C=O) groups is 2. The van der Waals surface area contributed by atoms with Gasteiger partial charge in [-0.1, -0.05) is 12.1 Å². The molecule has 9 heteroatoms. The van der Waals surface area contributed by atoms with Gasteiger partial charge in [-0.2, -0.15) is 4.31 Å². The Labute approximate surface area is 207 Å². The standard InChI is InChI=1S/C26H33N3O5S/c1-19-7-5-9-24(20(19)2)27-25(30)18-28(17-22-8-6-16-34-22)26(31)21-10-12-23(13-11-21)35(32,33)29-14-3-4-15-29/h5,7,9-13,22H,3-4,6,8,14-18H2,1-2H3,(H,27,30)/t22-/m1/s1. The van der Waals surface area contributed by atoms with E-state index in [9.17, 15) is 18.0 Å². The molecule has 2 aromatic carbocycles. The Bertz CT molecular complexity index is 1170. The lowest BCUT2D eigenvalue weighted by Gasteiger charge is -2.25. The third kappa shape index (κ3) is 5.91. The van der Waals surface area contributed by atoms with Gasteiger partial charge in [-0.15, -0.1) is 0 Å². The molecule has 1 atom stereocenters. The van der Waals surface area contributed by atoms with Gasteiger partial charge in [-0.3, -0.25) is 9.59 Å². The molecule has 1 N–H and O–H groups in total. The zero-order valence-electron chi connectivity index (χ0n) is 20.3. The molecule has 2 heterocycles. The molecular formula is C26H33N3O5S. The number of carbonyl (C=O) groups excluding carboxylic acids is 2. The first kappa shape index (κ1) is 25.3. The van der Waals surface area contributed by atoms with E-state index in [1.165, 1.54) is 33.5 Å². The smallest absolute Gasteiger partial charge is 0.254 e. The fourth-order valence-electron chi connectivity index (χ4n) is 4.53. The molecule has 2 aromatic rings. The zero-order valence-corrected chi connectivity index (χ0v) is 21.1. The summed E-state index contributed by atoms with van der Waals surface area (Å²) in [6, 6.07) is 11.7. The number of sulfonamides is 1. The molecule has 35 heavy (non-hydrogen) atoms. The second-order valence-electron chi connectivity index (χ2n) is 9.25. The highest BCUT2D eigenvalue weighted by Gasteiger charge is 2.29. The maximum absolute atomic E-state index is 13.4. The molecule has 188 valence electrons. The summed E-state index contributed by atoms with van der Waals surface area (Å²) in [5.41, 5.74) is 3.10. The minimum Gasteiger partial charge on any atom is -0.376 e. The molecule has 0 spiro atoms. The summed E-state index contributed by atoms with van der Waals surface area (Å²) in [7, 11) is -3.56. The second kappa shape index (κ2) is 10.9. The number of hydrogen-bond acceptors (Lipinski definition) is 5. The van der Waals surface area contributed by atoms with E-state index < -0.39 is 10.0 Å². The molecule has 4 rings (SSSR count). The van der Waals surface area contributed by atoms with Gasteiger partial charge in [-0.05, 0) is 81.0 Å². The lowest BCUT2D eigenvalue weighted by atomic mass is 10.1. The average molecular weight is 500 g/mol. The van der Waals surface area contributed by atoms with Crippen LogP contribution in [0.3, 0.4) is 0 Å². The van der Waals surface area contributed by atoms with Gasteiger partial charge in [0.25, 0.3) is 5.91 Å². The molecule has 0 aliphatic carbocycles. The fraction of sp³-hybridized carbons (Fsp3) is 0.462. The summed E-state index contributed by atoms with van der Waals surface area (Å²) in [5.74, 6) is -0.625. The number of amides is 2. The van der Waals surface area contributed by atoms with Crippen LogP contribution in [-0.2, 0) is 19.6 Å². The van der Waals surface area contributed by atoms with Crippen molar-refractivity contribution in [3.05, 3.63) is 59.2 Å². The Hall–Kier alpha value is -2.75. The molecule has 0 bridgehead atoms. The molecule has 2 fully saturated rings. The van der Waals surface area contributed by atoms with E-state index in [0.717, 1.165) is 42.5 Å². The van der Waals surface area contributed by atoms with Gasteiger partial charge in [0.1, 0.15) is 6.54 Å². The Morgan fingerprint density at radius 2 is 1.77 bits per heavy atom. The molecule has 2 aliphatic rings. The number of nitrogens with one attached hydrogen (secondary N) is 1. The maximum Gasteiger partial charge on any atom is 0.254 e. The summed E-state index contributed by atoms with van der Waals surface area (Å²) in [5, 5.41) is 2.91. The number of ether oxygens (including phenoxy) is 1. The third-order valence-electron chi connectivity index (χ3n) is 6.75. The summed E-state index contributed by atoms with van der Waals surface area (Å²) in [4.78, 5) is 27.9. The Morgan fingerprint density at radius 3 is 2.43 bits per heavy atom. The van der Waals surface area contributed by atoms with E-state index in [-0.39, 0.29) is 29.4 Å². The van der Waals surface area contributed by atoms with Crippen molar-refractivity contribution in [2.24, 2.45) is 0 Å². The predicted molar refractivity (Wildman–Crippen MR) is 134 cm³/mol. The van der Waals surface area contributed by atoms with Gasteiger partial charge in [0.05, 0.1) is 11.0 Å². The minimum absolute atomic E-state index is 0.123. The number of anilines is 1. The average Bonchev–Trinajstić information content (AvgIpc) is 3.56. The van der Waals surface area contributed by atoms with Crippen molar-refractivity contribution in [3.8, 4) is 0 Å². The van der Waals surface area contributed by atoms with Crippen LogP contribution >= 0.6 is 0 Å². The Balaban J connectivity index is 1.50. The monoisotopic (exact) mass is 499 g/mol. The van der Waals surface area contributed by atoms with E-state index in [1.807, 2.05) is 32.0 Å². The van der Waals surface area contributed by atoms with Crippen LogP contribution in [0.25, 0.3) is 0 Å². The number of benzene rings is 2. The van der Waals surface area contributed by atoms with Crippen molar-refractivity contribution < 1.29 is 22.7 Å². The van der Waals surface area contributed by atoms with E-state index in [4.69, 9.17) is 4.74 Å². The highest BCUT2D eigenvalue weighted by Crippen LogP contribution is 2.22. The molecule has 2 amide bonds. The largest absolute Gasteiger partial charge is 0.376 e. The molecule has 2 saturated heterocycles. The van der Waals surface area contributed by atoms with Crippen LogP contribution in [0.1, 0.15) is 47.2 Å². The first-order valence-corrected chi connectivity index (χ1v) is 13.6. The van der Waals surface area contributed by atoms with Crippen molar-refractivity contribution >= 4 is 27.5 Å². The van der Waals surface area contributed by atoms with Gasteiger partial charge in [0, 0.05) is 37.5 Å². The van der Waals surface area contributed by atoms with Crippen LogP contribution in [0.15, 0.2) is 47.4 Å². The molecule has 0 unspecified atom stereocenters. The predicted octanol–water partition coefficient (Wildman–Crippen LogP) is 3.35. The van der Waals surface area contributed by atoms with Crippen molar-refractivity contribution in [3.63, 3.8) is 0 Å². The number of rotatable bonds is 8. The van der Waals surface area contributed by atoms with Gasteiger partial charge >= 0.3 is 0 Å². The number of aryl methyl sites for hydroxylation is 1. The van der Waals surface area contributed by atoms with Crippen LogP contribution in [0.5, 0.6) is 0 Å². The summed E-state index contributed by atoms with van der Waals surface area (Å²) < 4.78 is 32.8. The van der Waals surface area contributed by atoms with Crippen LogP contribution in [0.2, 0.25) is 0 Å². The van der Waals surface area contributed by atoms with E-state index in [1.54, 1.807) is 0 Å². The molecule has 0 saturated carbocycles. The number of nitrogens with zero attached hydrogens (tertiary/aromatic N) is 2. The molecular weight excluding hydrogens is 466 g/mol. The van der Waals surface area contributed by atoms with Crippen LogP contribution in [-0.4, -0.2) is 68.3 Å². The first-order valence-electron chi connectivity index (χ1n) is 12.1. The quantitative estimate of drug-likeness (QED) is 0.601. The zero-order chi connectivity index (χ0) is 25.0. The molecule has 2 aliphatic heterocycles. The lowest BCUT2D eigenvalue weighted by Crippen LogP contribution is -2.42. The van der Waals surface area contributed by atoms with Crippen molar-refractivity contribution in [1.29, 1.82) is 0 Å². The van der Waals surface area contributed by atoms with Crippen LogP contribution in [0.4, 0.5) is 5.69 Å². The Kier molecular flexibility index (Phi) is 7.88. The van der Waals surface area contributed by atoms with E-state index in [0.29, 0.717) is 31.8 Å². The van der Waals surface area contributed by atoms with Crippen molar-refractivity contribution in [1.82, 2.24) is 9.21 Å². The summed E-state index contributed by atoms with van der Waals surface area (Å²) >= 11 is 0. The molecule has 0 aromatic heterocycles. The Morgan fingerprint density at radius 1 is 1.06 bits per heavy atom. The highest BCUT2D eigenvalue weighted by molar-refractivity contribution is 7.89. The topological polar surface area (TPSA) is 96.0 Å². The van der Waals surface area contributed by atoms with Gasteiger partial charge in [-0.25, -0.2) is 8.42 Å². The highest BCUT2D eigenvalue weighted by atomic mass is 32.2. The minimum atomic E-state index is -3.56. The molecule has 0 radical (unpaired) electrons. The van der Waals surface area contributed by atoms with Crippen LogP contribution in [0, 0.1) is 13.8 Å². The summed E-state index contributed by atoms with van der Waals surface area (Å²) in [6.45, 7) is 5.78. The van der Waals surface area contributed by atoms with E-state index in [2.05, 4.69) is 5.32 Å². The normalized spacial score (nSPS) is 18.5. The molecule has 8 nitrogen and oxygen atoms in total. The summed E-state index contributed by atoms with van der Waals surface area (Å²) in [6.07, 6.45) is 3.35. The van der Waals surface area contributed by atoms with Crippen molar-refractivity contribution in [2.45, 2.75) is 50.5 Å². The second-order valence-corrected chi connectivity index (χ2v) is 11.2. The van der Waals surface area contributed by atoms with Gasteiger partial charge in [0.2, 0.25) is 15.9 Å². The SMILES string of the molecule is Cc1cccc(NC(=O)CN(C[C@H]2CCCO2)C(=O)c2ccc(S(=O)(=O)N3CCCC3)cc2)c1C. The maximum atomic E-state index is 13.4. The van der Waals surface area contributed by atoms with Gasteiger partial charge < -0.3 is 15.0 Å². The van der Waals surface area contributed by atoms with Crippen molar-refractivity contribution in [2.75, 3.05) is 38.1 Å². The first-order chi connectivity index (χ1) is 16.8. The van der Waals surface area contributed by atoms with Crippen LogP contribution < -0.4 is 5.32 Å². The van der Waals surface area contributed by atoms with Gasteiger partial charge in [0.15, 0.2) is 0 Å². The van der Waals surface area contributed by atoms with E-state index >= 15 is 0 Å². The fourth-order valence-corrected chi connectivity index (χ4v) is 6.05.